The van der Waals surface area contributed by atoms with Gasteiger partial charge in [-0.25, -0.2) is 9.97 Å². The monoisotopic (exact) mass is 294 g/mol. The summed E-state index contributed by atoms with van der Waals surface area (Å²) in [6.07, 6.45) is 2.67. The van der Waals surface area contributed by atoms with E-state index < -0.39 is 5.97 Å². The highest BCUT2D eigenvalue weighted by Gasteiger charge is 2.18. The van der Waals surface area contributed by atoms with Crippen molar-refractivity contribution in [3.05, 3.63) is 12.4 Å². The molecule has 1 aliphatic heterocycles. The zero-order valence-electron chi connectivity index (χ0n) is 12.4. The molecule has 0 unspecified atom stereocenters. The van der Waals surface area contributed by atoms with Crippen molar-refractivity contribution in [2.45, 2.75) is 19.8 Å². The van der Waals surface area contributed by atoms with Gasteiger partial charge in [0.1, 0.15) is 12.1 Å². The summed E-state index contributed by atoms with van der Waals surface area (Å²) in [5.41, 5.74) is 0. The van der Waals surface area contributed by atoms with Gasteiger partial charge in [0.15, 0.2) is 0 Å². The number of ether oxygens (including phenoxy) is 1. The Morgan fingerprint density at radius 3 is 2.76 bits per heavy atom. The predicted molar refractivity (Wildman–Crippen MR) is 78.7 cm³/mol. The van der Waals surface area contributed by atoms with Gasteiger partial charge in [-0.3, -0.25) is 9.69 Å². The lowest BCUT2D eigenvalue weighted by molar-refractivity contribution is -0.137. The lowest BCUT2D eigenvalue weighted by Crippen LogP contribution is -2.47. The van der Waals surface area contributed by atoms with Gasteiger partial charge in [-0.2, -0.15) is 0 Å². The fourth-order valence-electron chi connectivity index (χ4n) is 2.24. The van der Waals surface area contributed by atoms with Crippen LogP contribution in [0.15, 0.2) is 12.4 Å². The molecule has 0 spiro atoms. The van der Waals surface area contributed by atoms with Crippen LogP contribution in [-0.4, -0.2) is 65.3 Å². The van der Waals surface area contributed by atoms with Gasteiger partial charge >= 0.3 is 5.97 Å². The molecule has 7 nitrogen and oxygen atoms in total. The number of hydrogen-bond acceptors (Lipinski definition) is 6. The second-order valence-electron chi connectivity index (χ2n) is 5.04. The van der Waals surface area contributed by atoms with Gasteiger partial charge in [0.05, 0.1) is 13.0 Å². The fraction of sp³-hybridized carbons (Fsp3) is 0.643. The van der Waals surface area contributed by atoms with Crippen molar-refractivity contribution in [2.24, 2.45) is 0 Å². The highest BCUT2D eigenvalue weighted by atomic mass is 16.5. The number of aromatic nitrogens is 2. The maximum Gasteiger partial charge on any atom is 0.304 e. The summed E-state index contributed by atoms with van der Waals surface area (Å²) in [4.78, 5) is 23.3. The SMILES string of the molecule is CCCOc1cc(N2CCN(CCC(=O)O)CC2)ncn1. The summed E-state index contributed by atoms with van der Waals surface area (Å²) >= 11 is 0. The molecule has 0 radical (unpaired) electrons. The molecule has 0 amide bonds. The maximum atomic E-state index is 10.6. The lowest BCUT2D eigenvalue weighted by atomic mass is 10.3. The molecule has 2 heterocycles. The summed E-state index contributed by atoms with van der Waals surface area (Å²) in [6, 6.07) is 1.86. The highest BCUT2D eigenvalue weighted by Crippen LogP contribution is 2.17. The Labute approximate surface area is 124 Å². The molecular weight excluding hydrogens is 272 g/mol. The zero-order chi connectivity index (χ0) is 15.1. The van der Waals surface area contributed by atoms with Crippen LogP contribution in [0.1, 0.15) is 19.8 Å². The number of carbonyl (C=O) groups is 1. The van der Waals surface area contributed by atoms with Gasteiger partial charge in [-0.05, 0) is 6.42 Å². The molecule has 0 aliphatic carbocycles. The number of carboxylic acids is 1. The van der Waals surface area contributed by atoms with Crippen molar-refractivity contribution in [3.8, 4) is 5.88 Å². The Morgan fingerprint density at radius 2 is 2.10 bits per heavy atom. The van der Waals surface area contributed by atoms with Crippen molar-refractivity contribution in [1.29, 1.82) is 0 Å². The minimum absolute atomic E-state index is 0.197. The summed E-state index contributed by atoms with van der Waals surface area (Å²) in [5.74, 6) is 0.732. The minimum atomic E-state index is -0.744. The van der Waals surface area contributed by atoms with Crippen LogP contribution >= 0.6 is 0 Å². The quantitative estimate of drug-likeness (QED) is 0.799. The summed E-state index contributed by atoms with van der Waals surface area (Å²) in [7, 11) is 0. The van der Waals surface area contributed by atoms with Gasteiger partial charge in [0.2, 0.25) is 5.88 Å². The fourth-order valence-corrected chi connectivity index (χ4v) is 2.24. The molecule has 21 heavy (non-hydrogen) atoms. The van der Waals surface area contributed by atoms with Crippen LogP contribution in [0.2, 0.25) is 0 Å². The number of rotatable bonds is 7. The van der Waals surface area contributed by atoms with Gasteiger partial charge < -0.3 is 14.7 Å². The number of piperazine rings is 1. The third-order valence-corrected chi connectivity index (χ3v) is 3.42. The van der Waals surface area contributed by atoms with Crippen molar-refractivity contribution in [1.82, 2.24) is 14.9 Å². The molecule has 1 aromatic rings. The van der Waals surface area contributed by atoms with Crippen LogP contribution in [0.4, 0.5) is 5.82 Å². The maximum absolute atomic E-state index is 10.6. The highest BCUT2D eigenvalue weighted by molar-refractivity contribution is 5.66. The van der Waals surface area contributed by atoms with Gasteiger partial charge in [0.25, 0.3) is 0 Å². The Kier molecular flexibility index (Phi) is 5.74. The molecule has 2 rings (SSSR count). The number of hydrogen-bond donors (Lipinski definition) is 1. The van der Waals surface area contributed by atoms with Gasteiger partial charge in [-0.15, -0.1) is 0 Å². The molecule has 1 fully saturated rings. The van der Waals surface area contributed by atoms with E-state index in [-0.39, 0.29) is 6.42 Å². The topological polar surface area (TPSA) is 78.8 Å². The first kappa shape index (κ1) is 15.5. The first-order valence-electron chi connectivity index (χ1n) is 7.33. The van der Waals surface area contributed by atoms with Crippen LogP contribution in [0, 0.1) is 0 Å². The number of anilines is 1. The molecule has 0 atom stereocenters. The van der Waals surface area contributed by atoms with E-state index in [9.17, 15) is 4.79 Å². The molecule has 1 N–H and O–H groups in total. The normalized spacial score (nSPS) is 16.0. The Bertz CT molecular complexity index is 461. The summed E-state index contributed by atoms with van der Waals surface area (Å²) in [5, 5.41) is 8.71. The van der Waals surface area contributed by atoms with E-state index >= 15 is 0 Å². The molecule has 0 aromatic carbocycles. The van der Waals surface area contributed by atoms with E-state index in [1.165, 1.54) is 6.33 Å². The second-order valence-corrected chi connectivity index (χ2v) is 5.04. The Hall–Kier alpha value is -1.89. The van der Waals surface area contributed by atoms with Gasteiger partial charge in [0, 0.05) is 38.8 Å². The molecule has 0 bridgehead atoms. The molecule has 7 heteroatoms. The standard InChI is InChI=1S/C14H22N4O3/c1-2-9-21-13-10-12(15-11-16-13)18-7-5-17(6-8-18)4-3-14(19)20/h10-11H,2-9H2,1H3,(H,19,20). The van der Waals surface area contributed by atoms with Crippen molar-refractivity contribution >= 4 is 11.8 Å². The lowest BCUT2D eigenvalue weighted by Gasteiger charge is -2.35. The largest absolute Gasteiger partial charge is 0.481 e. The number of aliphatic carboxylic acids is 1. The molecule has 0 saturated carbocycles. The van der Waals surface area contributed by atoms with Crippen LogP contribution in [0.3, 0.4) is 0 Å². The van der Waals surface area contributed by atoms with Crippen LogP contribution < -0.4 is 9.64 Å². The average Bonchev–Trinajstić information content (AvgIpc) is 2.51. The smallest absolute Gasteiger partial charge is 0.304 e. The molecule has 1 saturated heterocycles. The molecule has 1 aromatic heterocycles. The third-order valence-electron chi connectivity index (χ3n) is 3.42. The van der Waals surface area contributed by atoms with E-state index in [1.54, 1.807) is 0 Å². The third kappa shape index (κ3) is 4.86. The first-order valence-corrected chi connectivity index (χ1v) is 7.33. The summed E-state index contributed by atoms with van der Waals surface area (Å²) in [6.45, 7) is 6.69. The van der Waals surface area contributed by atoms with Crippen LogP contribution in [-0.2, 0) is 4.79 Å². The molecule has 1 aliphatic rings. The van der Waals surface area contributed by atoms with E-state index in [4.69, 9.17) is 9.84 Å². The van der Waals surface area contributed by atoms with Crippen LogP contribution in [0.25, 0.3) is 0 Å². The van der Waals surface area contributed by atoms with Crippen LogP contribution in [0.5, 0.6) is 5.88 Å². The van der Waals surface area contributed by atoms with E-state index in [0.717, 1.165) is 38.4 Å². The molecule has 116 valence electrons. The number of carboxylic acid groups (broad SMARTS) is 1. The Balaban J connectivity index is 1.85. The minimum Gasteiger partial charge on any atom is -0.481 e. The Morgan fingerprint density at radius 1 is 1.33 bits per heavy atom. The van der Waals surface area contributed by atoms with Crippen molar-refractivity contribution in [3.63, 3.8) is 0 Å². The number of nitrogens with zero attached hydrogens (tertiary/aromatic N) is 4. The zero-order valence-corrected chi connectivity index (χ0v) is 12.4. The molecular formula is C14H22N4O3. The predicted octanol–water partition coefficient (Wildman–Crippen LogP) is 0.862. The van der Waals surface area contributed by atoms with Crippen molar-refractivity contribution in [2.75, 3.05) is 44.2 Å². The van der Waals surface area contributed by atoms with Crippen molar-refractivity contribution < 1.29 is 14.6 Å². The second kappa shape index (κ2) is 7.78. The average molecular weight is 294 g/mol. The van der Waals surface area contributed by atoms with Gasteiger partial charge in [-0.1, -0.05) is 6.92 Å². The first-order chi connectivity index (χ1) is 10.2. The van der Waals surface area contributed by atoms with E-state index in [1.807, 2.05) is 6.07 Å². The summed E-state index contributed by atoms with van der Waals surface area (Å²) < 4.78 is 5.52. The van der Waals surface area contributed by atoms with E-state index in [2.05, 4.69) is 26.7 Å². The van der Waals surface area contributed by atoms with E-state index in [0.29, 0.717) is 19.0 Å².